The first-order valence-electron chi connectivity index (χ1n) is 13.0. The van der Waals surface area contributed by atoms with Crippen molar-refractivity contribution in [3.05, 3.63) is 41.1 Å². The summed E-state index contributed by atoms with van der Waals surface area (Å²) in [4.78, 5) is 45.6. The van der Waals surface area contributed by atoms with Crippen molar-refractivity contribution in [1.82, 2.24) is 20.0 Å². The average molecular weight is 515 g/mol. The van der Waals surface area contributed by atoms with E-state index in [2.05, 4.69) is 10.2 Å². The van der Waals surface area contributed by atoms with Crippen LogP contribution in [0, 0.1) is 5.92 Å². The Balaban J connectivity index is 1.46. The zero-order valence-electron chi connectivity index (χ0n) is 21.9. The summed E-state index contributed by atoms with van der Waals surface area (Å²) >= 11 is 0. The lowest BCUT2D eigenvalue weighted by atomic mass is 9.88. The van der Waals surface area contributed by atoms with Crippen LogP contribution < -0.4 is 10.1 Å². The lowest BCUT2D eigenvalue weighted by Gasteiger charge is -2.37. The van der Waals surface area contributed by atoms with Gasteiger partial charge in [-0.05, 0) is 31.0 Å². The standard InChI is InChI=1S/C27H38N4O6/c1-20-24(27(34)30-11-15-37-16-12-30)17-22(18-25(32)28-7-8-29-9-13-36-14-10-29)26(33)31(20)19-21-3-5-23(35-2)6-4-21/h3-6,22H,7-19H2,1-2H3,(H,28,32). The zero-order valence-corrected chi connectivity index (χ0v) is 21.9. The first-order chi connectivity index (χ1) is 18.0. The number of nitrogens with zero attached hydrogens (tertiary/aromatic N) is 3. The van der Waals surface area contributed by atoms with E-state index in [4.69, 9.17) is 14.2 Å². The molecule has 2 saturated heterocycles. The molecule has 0 bridgehead atoms. The van der Waals surface area contributed by atoms with Crippen LogP contribution in [0.15, 0.2) is 35.5 Å². The summed E-state index contributed by atoms with van der Waals surface area (Å²) in [6, 6.07) is 7.51. The number of allylic oxidation sites excluding steroid dienone is 1. The zero-order chi connectivity index (χ0) is 26.2. The molecule has 3 aliphatic rings. The molecule has 3 aliphatic heterocycles. The number of benzene rings is 1. The van der Waals surface area contributed by atoms with Crippen LogP contribution in [0.2, 0.25) is 0 Å². The number of rotatable bonds is 9. The molecule has 2 fully saturated rings. The molecule has 0 saturated carbocycles. The second-order valence-corrected chi connectivity index (χ2v) is 9.65. The first kappa shape index (κ1) is 27.1. The minimum Gasteiger partial charge on any atom is -0.497 e. The Kier molecular flexibility index (Phi) is 9.54. The topological polar surface area (TPSA) is 101 Å². The number of amides is 3. The fraction of sp³-hybridized carbons (Fsp3) is 0.593. The SMILES string of the molecule is COc1ccc(CN2C(=O)C(CC(=O)NCCN3CCOCC3)CC(C(=O)N3CCOCC3)=C2C)cc1. The predicted molar refractivity (Wildman–Crippen MR) is 137 cm³/mol. The number of nitrogens with one attached hydrogen (secondary N) is 1. The molecule has 37 heavy (non-hydrogen) atoms. The van der Waals surface area contributed by atoms with Gasteiger partial charge in [0.15, 0.2) is 0 Å². The van der Waals surface area contributed by atoms with Crippen LogP contribution in [0.4, 0.5) is 0 Å². The number of carbonyl (C=O) groups is 3. The van der Waals surface area contributed by atoms with E-state index in [1.807, 2.05) is 31.2 Å². The van der Waals surface area contributed by atoms with Crippen molar-refractivity contribution in [3.63, 3.8) is 0 Å². The van der Waals surface area contributed by atoms with E-state index in [1.165, 1.54) is 0 Å². The van der Waals surface area contributed by atoms with Gasteiger partial charge < -0.3 is 29.3 Å². The van der Waals surface area contributed by atoms with Crippen LogP contribution in [-0.4, -0.2) is 105 Å². The third-order valence-corrected chi connectivity index (χ3v) is 7.25. The van der Waals surface area contributed by atoms with Gasteiger partial charge >= 0.3 is 0 Å². The fourth-order valence-corrected chi connectivity index (χ4v) is 4.97. The molecule has 0 aromatic heterocycles. The molecule has 3 heterocycles. The summed E-state index contributed by atoms with van der Waals surface area (Å²) in [6.45, 7) is 8.59. The van der Waals surface area contributed by atoms with E-state index < -0.39 is 5.92 Å². The number of hydrogen-bond donors (Lipinski definition) is 1. The van der Waals surface area contributed by atoms with Gasteiger partial charge in [-0.25, -0.2) is 0 Å². The second-order valence-electron chi connectivity index (χ2n) is 9.65. The first-order valence-corrected chi connectivity index (χ1v) is 13.0. The number of methoxy groups -OCH3 is 1. The van der Waals surface area contributed by atoms with Crippen molar-refractivity contribution in [2.75, 3.05) is 72.8 Å². The quantitative estimate of drug-likeness (QED) is 0.525. The highest BCUT2D eigenvalue weighted by Gasteiger charge is 2.38. The molecule has 0 radical (unpaired) electrons. The van der Waals surface area contributed by atoms with Gasteiger partial charge in [-0.2, -0.15) is 0 Å². The molecule has 1 aromatic carbocycles. The third-order valence-electron chi connectivity index (χ3n) is 7.25. The summed E-state index contributed by atoms with van der Waals surface area (Å²) in [5.41, 5.74) is 2.17. The predicted octanol–water partition coefficient (Wildman–Crippen LogP) is 1.02. The van der Waals surface area contributed by atoms with Crippen LogP contribution in [-0.2, 0) is 30.4 Å². The Morgan fingerprint density at radius 3 is 2.32 bits per heavy atom. The Labute approximate surface area is 218 Å². The van der Waals surface area contributed by atoms with Gasteiger partial charge in [-0.3, -0.25) is 19.3 Å². The normalized spacial score (nSPS) is 21.2. The molecular formula is C27H38N4O6. The van der Waals surface area contributed by atoms with Gasteiger partial charge in [-0.15, -0.1) is 0 Å². The second kappa shape index (κ2) is 13.0. The van der Waals surface area contributed by atoms with Crippen molar-refractivity contribution in [1.29, 1.82) is 0 Å². The molecule has 0 spiro atoms. The number of morpholine rings is 2. The van der Waals surface area contributed by atoms with Gasteiger partial charge in [0.25, 0.3) is 5.91 Å². The molecule has 1 aromatic rings. The molecule has 0 aliphatic carbocycles. The van der Waals surface area contributed by atoms with Crippen LogP contribution in [0.1, 0.15) is 25.3 Å². The summed E-state index contributed by atoms with van der Waals surface area (Å²) in [6.07, 6.45) is 0.311. The van der Waals surface area contributed by atoms with Crippen LogP contribution in [0.5, 0.6) is 5.75 Å². The molecule has 3 amide bonds. The van der Waals surface area contributed by atoms with Gasteiger partial charge in [-0.1, -0.05) is 12.1 Å². The Hall–Kier alpha value is -2.95. The summed E-state index contributed by atoms with van der Waals surface area (Å²) in [5, 5.41) is 2.96. The van der Waals surface area contributed by atoms with Gasteiger partial charge in [0.05, 0.1) is 46.0 Å². The smallest absolute Gasteiger partial charge is 0.251 e. The molecule has 1 atom stereocenters. The van der Waals surface area contributed by atoms with Crippen LogP contribution in [0.25, 0.3) is 0 Å². The molecule has 10 heteroatoms. The van der Waals surface area contributed by atoms with E-state index in [-0.39, 0.29) is 30.6 Å². The number of hydrogen-bond acceptors (Lipinski definition) is 7. The van der Waals surface area contributed by atoms with E-state index in [0.717, 1.165) is 30.9 Å². The van der Waals surface area contributed by atoms with Crippen molar-refractivity contribution < 1.29 is 28.6 Å². The van der Waals surface area contributed by atoms with Crippen molar-refractivity contribution >= 4 is 17.7 Å². The average Bonchev–Trinajstić information content (AvgIpc) is 2.93. The van der Waals surface area contributed by atoms with Gasteiger partial charge in [0, 0.05) is 57.0 Å². The molecular weight excluding hydrogens is 476 g/mol. The molecule has 1 N–H and O–H groups in total. The maximum Gasteiger partial charge on any atom is 0.251 e. The van der Waals surface area contributed by atoms with Gasteiger partial charge in [0.1, 0.15) is 5.75 Å². The minimum atomic E-state index is -0.592. The molecule has 4 rings (SSSR count). The van der Waals surface area contributed by atoms with Crippen LogP contribution in [0.3, 0.4) is 0 Å². The monoisotopic (exact) mass is 514 g/mol. The summed E-state index contributed by atoms with van der Waals surface area (Å²) < 4.78 is 16.0. The largest absolute Gasteiger partial charge is 0.497 e. The number of carbonyl (C=O) groups excluding carboxylic acids is 3. The van der Waals surface area contributed by atoms with E-state index in [9.17, 15) is 14.4 Å². The molecule has 1 unspecified atom stereocenters. The molecule has 10 nitrogen and oxygen atoms in total. The highest BCUT2D eigenvalue weighted by molar-refractivity contribution is 5.98. The summed E-state index contributed by atoms with van der Waals surface area (Å²) in [5.74, 6) is -0.240. The van der Waals surface area contributed by atoms with E-state index in [0.29, 0.717) is 63.9 Å². The van der Waals surface area contributed by atoms with Crippen LogP contribution >= 0.6 is 0 Å². The Morgan fingerprint density at radius 2 is 1.68 bits per heavy atom. The highest BCUT2D eigenvalue weighted by Crippen LogP contribution is 2.32. The fourth-order valence-electron chi connectivity index (χ4n) is 4.97. The number of ether oxygens (including phenoxy) is 3. The molecule has 202 valence electrons. The Morgan fingerprint density at radius 1 is 1.03 bits per heavy atom. The highest BCUT2D eigenvalue weighted by atomic mass is 16.5. The summed E-state index contributed by atoms with van der Waals surface area (Å²) in [7, 11) is 1.61. The lowest BCUT2D eigenvalue weighted by Crippen LogP contribution is -2.47. The van der Waals surface area contributed by atoms with E-state index in [1.54, 1.807) is 16.9 Å². The lowest BCUT2D eigenvalue weighted by molar-refractivity contribution is -0.139. The maximum atomic E-state index is 13.6. The van der Waals surface area contributed by atoms with E-state index >= 15 is 0 Å². The van der Waals surface area contributed by atoms with Crippen molar-refractivity contribution in [2.24, 2.45) is 5.92 Å². The van der Waals surface area contributed by atoms with Crippen molar-refractivity contribution in [2.45, 2.75) is 26.3 Å². The van der Waals surface area contributed by atoms with Crippen molar-refractivity contribution in [3.8, 4) is 5.75 Å². The van der Waals surface area contributed by atoms with Gasteiger partial charge in [0.2, 0.25) is 11.8 Å². The Bertz CT molecular complexity index is 983. The minimum absolute atomic E-state index is 0.0498. The maximum absolute atomic E-state index is 13.6. The third kappa shape index (κ3) is 7.09.